The van der Waals surface area contributed by atoms with Gasteiger partial charge < -0.3 is 14.2 Å². The zero-order chi connectivity index (χ0) is 16.8. The first-order valence-electron chi connectivity index (χ1n) is 7.49. The lowest BCUT2D eigenvalue weighted by Gasteiger charge is -2.05. The molecule has 0 unspecified atom stereocenters. The molecule has 0 aliphatic carbocycles. The first kappa shape index (κ1) is 16.4. The van der Waals surface area contributed by atoms with Crippen LogP contribution in [0.15, 0.2) is 53.4 Å². The number of esters is 1. The van der Waals surface area contributed by atoms with Crippen molar-refractivity contribution >= 4 is 23.5 Å². The second kappa shape index (κ2) is 7.88. The third kappa shape index (κ3) is 4.29. The van der Waals surface area contributed by atoms with Crippen LogP contribution < -0.4 is 9.47 Å². The Morgan fingerprint density at radius 2 is 1.83 bits per heavy atom. The summed E-state index contributed by atoms with van der Waals surface area (Å²) in [6.45, 7) is -0.116. The Bertz CT molecular complexity index is 729. The van der Waals surface area contributed by atoms with Crippen LogP contribution >= 0.6 is 11.8 Å². The van der Waals surface area contributed by atoms with Crippen molar-refractivity contribution in [2.45, 2.75) is 11.3 Å². The highest BCUT2D eigenvalue weighted by Crippen LogP contribution is 2.32. The predicted octanol–water partition coefficient (Wildman–Crippen LogP) is 3.32. The predicted molar refractivity (Wildman–Crippen MR) is 89.6 cm³/mol. The van der Waals surface area contributed by atoms with Gasteiger partial charge in [-0.2, -0.15) is 0 Å². The van der Waals surface area contributed by atoms with Gasteiger partial charge in [0.1, 0.15) is 0 Å². The number of ether oxygens (including phenoxy) is 3. The Morgan fingerprint density at radius 1 is 1.04 bits per heavy atom. The van der Waals surface area contributed by atoms with Crippen LogP contribution in [0.5, 0.6) is 11.5 Å². The van der Waals surface area contributed by atoms with Crippen LogP contribution in [0.2, 0.25) is 0 Å². The molecule has 0 saturated carbocycles. The first-order chi connectivity index (χ1) is 11.7. The van der Waals surface area contributed by atoms with Gasteiger partial charge in [0.2, 0.25) is 6.79 Å². The Kier molecular flexibility index (Phi) is 5.38. The van der Waals surface area contributed by atoms with Crippen molar-refractivity contribution in [1.29, 1.82) is 0 Å². The smallest absolute Gasteiger partial charge is 0.307 e. The normalized spacial score (nSPS) is 12.0. The van der Waals surface area contributed by atoms with Crippen LogP contribution in [0.1, 0.15) is 16.8 Å². The van der Waals surface area contributed by atoms with E-state index in [4.69, 9.17) is 14.2 Å². The van der Waals surface area contributed by atoms with Crippen molar-refractivity contribution in [2.24, 2.45) is 0 Å². The molecule has 24 heavy (non-hydrogen) atoms. The van der Waals surface area contributed by atoms with Crippen LogP contribution in [0.4, 0.5) is 0 Å². The Balaban J connectivity index is 1.41. The minimum absolute atomic E-state index is 0.154. The van der Waals surface area contributed by atoms with Gasteiger partial charge in [0.15, 0.2) is 23.9 Å². The maximum Gasteiger partial charge on any atom is 0.307 e. The quantitative estimate of drug-likeness (QED) is 0.436. The maximum atomic E-state index is 12.1. The van der Waals surface area contributed by atoms with Crippen LogP contribution in [0.3, 0.4) is 0 Å². The fraction of sp³-hybridized carbons (Fsp3) is 0.222. The molecular weight excluding hydrogens is 328 g/mol. The van der Waals surface area contributed by atoms with Gasteiger partial charge >= 0.3 is 5.97 Å². The van der Waals surface area contributed by atoms with Crippen molar-refractivity contribution in [2.75, 3.05) is 19.2 Å². The summed E-state index contributed by atoms with van der Waals surface area (Å²) in [5.41, 5.74) is 0.436. The number of hydrogen-bond donors (Lipinski definition) is 0. The van der Waals surface area contributed by atoms with E-state index in [1.807, 2.05) is 30.3 Å². The summed E-state index contributed by atoms with van der Waals surface area (Å²) in [6.07, 6.45) is 0.258. The fourth-order valence-electron chi connectivity index (χ4n) is 2.14. The largest absolute Gasteiger partial charge is 0.457 e. The lowest BCUT2D eigenvalue weighted by molar-refractivity contribution is -0.141. The number of benzene rings is 2. The van der Waals surface area contributed by atoms with E-state index < -0.39 is 0 Å². The monoisotopic (exact) mass is 344 g/mol. The third-order valence-corrected chi connectivity index (χ3v) is 4.39. The van der Waals surface area contributed by atoms with Crippen LogP contribution in [0, 0.1) is 0 Å². The highest BCUT2D eigenvalue weighted by molar-refractivity contribution is 7.99. The minimum atomic E-state index is -0.382. The second-order valence-corrected chi connectivity index (χ2v) is 6.23. The van der Waals surface area contributed by atoms with E-state index in [1.54, 1.807) is 30.0 Å². The number of fused-ring (bicyclic) bond motifs is 1. The van der Waals surface area contributed by atoms with E-state index in [9.17, 15) is 9.59 Å². The van der Waals surface area contributed by atoms with Crippen molar-refractivity contribution in [3.8, 4) is 11.5 Å². The van der Waals surface area contributed by atoms with Crippen molar-refractivity contribution in [3.05, 3.63) is 54.1 Å². The molecule has 0 spiro atoms. The van der Waals surface area contributed by atoms with Crippen LogP contribution in [-0.4, -0.2) is 30.9 Å². The topological polar surface area (TPSA) is 61.8 Å². The summed E-state index contributed by atoms with van der Waals surface area (Å²) in [7, 11) is 0. The maximum absolute atomic E-state index is 12.1. The van der Waals surface area contributed by atoms with Crippen molar-refractivity contribution in [1.82, 2.24) is 0 Å². The van der Waals surface area contributed by atoms with E-state index >= 15 is 0 Å². The van der Waals surface area contributed by atoms with Crippen LogP contribution in [0.25, 0.3) is 0 Å². The number of thioether (sulfide) groups is 1. The number of carbonyl (C=O) groups is 2. The second-order valence-electron chi connectivity index (χ2n) is 5.06. The summed E-state index contributed by atoms with van der Waals surface area (Å²) in [4.78, 5) is 24.9. The summed E-state index contributed by atoms with van der Waals surface area (Å²) < 4.78 is 15.5. The van der Waals surface area contributed by atoms with E-state index in [1.165, 1.54) is 0 Å². The van der Waals surface area contributed by atoms with Gasteiger partial charge in [0.05, 0.1) is 6.42 Å². The summed E-state index contributed by atoms with van der Waals surface area (Å²) in [5.74, 6) is 1.11. The van der Waals surface area contributed by atoms with E-state index in [0.717, 1.165) is 4.90 Å². The standard InChI is InChI=1S/C18H16O5S/c19-15(13-6-7-16-17(10-13)23-12-22-16)11-21-18(20)8-9-24-14-4-2-1-3-5-14/h1-7,10H,8-9,11-12H2. The highest BCUT2D eigenvalue weighted by Gasteiger charge is 2.17. The lowest BCUT2D eigenvalue weighted by Crippen LogP contribution is -2.14. The number of ketones is 1. The zero-order valence-corrected chi connectivity index (χ0v) is 13.7. The Hall–Kier alpha value is -2.47. The Labute approximate surface area is 143 Å². The molecule has 0 N–H and O–H groups in total. The fourth-order valence-corrected chi connectivity index (χ4v) is 2.99. The average molecular weight is 344 g/mol. The molecule has 1 heterocycles. The average Bonchev–Trinajstić information content (AvgIpc) is 3.08. The third-order valence-electron chi connectivity index (χ3n) is 3.38. The Morgan fingerprint density at radius 3 is 2.67 bits per heavy atom. The van der Waals surface area contributed by atoms with E-state index in [-0.39, 0.29) is 31.6 Å². The number of hydrogen-bond acceptors (Lipinski definition) is 6. The molecule has 2 aromatic rings. The van der Waals surface area contributed by atoms with Crippen molar-refractivity contribution < 1.29 is 23.8 Å². The molecule has 5 nitrogen and oxygen atoms in total. The molecule has 0 atom stereocenters. The molecule has 6 heteroatoms. The molecule has 3 rings (SSSR count). The van der Waals surface area contributed by atoms with Gasteiger partial charge in [-0.1, -0.05) is 18.2 Å². The van der Waals surface area contributed by atoms with Gasteiger partial charge in [-0.05, 0) is 30.3 Å². The molecule has 0 fully saturated rings. The van der Waals surface area contributed by atoms with Gasteiger partial charge in [0, 0.05) is 16.2 Å². The molecule has 0 saturated heterocycles. The SMILES string of the molecule is O=C(CCSc1ccccc1)OCC(=O)c1ccc2c(c1)OCO2. The molecular formula is C18H16O5S. The van der Waals surface area contributed by atoms with Gasteiger partial charge in [-0.3, -0.25) is 9.59 Å². The molecule has 1 aliphatic heterocycles. The molecule has 0 radical (unpaired) electrons. The molecule has 2 aromatic carbocycles. The van der Waals surface area contributed by atoms with E-state index in [0.29, 0.717) is 22.8 Å². The molecule has 0 amide bonds. The number of carbonyl (C=O) groups excluding carboxylic acids is 2. The molecule has 0 bridgehead atoms. The van der Waals surface area contributed by atoms with E-state index in [2.05, 4.69) is 0 Å². The number of rotatable bonds is 7. The summed E-state index contributed by atoms with van der Waals surface area (Å²) in [6, 6.07) is 14.7. The van der Waals surface area contributed by atoms with Gasteiger partial charge in [-0.15, -0.1) is 11.8 Å². The highest BCUT2D eigenvalue weighted by atomic mass is 32.2. The summed E-state index contributed by atoms with van der Waals surface area (Å²) >= 11 is 1.58. The van der Waals surface area contributed by atoms with Crippen molar-refractivity contribution in [3.63, 3.8) is 0 Å². The number of Topliss-reactive ketones (excluding diaryl/α,β-unsaturated/α-hetero) is 1. The van der Waals surface area contributed by atoms with Crippen LogP contribution in [-0.2, 0) is 9.53 Å². The van der Waals surface area contributed by atoms with Gasteiger partial charge in [-0.25, -0.2) is 0 Å². The molecule has 1 aliphatic rings. The summed E-state index contributed by atoms with van der Waals surface area (Å²) in [5, 5.41) is 0. The minimum Gasteiger partial charge on any atom is -0.457 e. The lowest BCUT2D eigenvalue weighted by atomic mass is 10.1. The molecule has 0 aromatic heterocycles. The zero-order valence-electron chi connectivity index (χ0n) is 12.9. The molecule has 124 valence electrons. The van der Waals surface area contributed by atoms with Gasteiger partial charge in [0.25, 0.3) is 0 Å². The first-order valence-corrected chi connectivity index (χ1v) is 8.47.